The number of aliphatic imine (C=N–C) groups is 1. The Morgan fingerprint density at radius 1 is 1.04 bits per heavy atom. The zero-order valence-electron chi connectivity index (χ0n) is 18.3. The molecule has 3 rings (SSSR count). The average Bonchev–Trinajstić information content (AvgIpc) is 2.76. The summed E-state index contributed by atoms with van der Waals surface area (Å²) in [6.45, 7) is 12.7. The third-order valence-electron chi connectivity index (χ3n) is 6.83. The number of hydrogen-bond donors (Lipinski definition) is 2. The van der Waals surface area contributed by atoms with Gasteiger partial charge in [-0.25, -0.2) is 0 Å². The van der Waals surface area contributed by atoms with Gasteiger partial charge in [-0.05, 0) is 26.7 Å². The summed E-state index contributed by atoms with van der Waals surface area (Å²) in [6.07, 6.45) is 6.76. The Hall–Kier alpha value is -0.500. The largest absolute Gasteiger partial charge is 0.379 e. The Kier molecular flexibility index (Phi) is 8.33. The second-order valence-corrected chi connectivity index (χ2v) is 10.3. The lowest BCUT2D eigenvalue weighted by Gasteiger charge is -2.48. The maximum atomic E-state index is 5.51. The fourth-order valence-corrected chi connectivity index (χ4v) is 5.80. The van der Waals surface area contributed by atoms with E-state index in [1.807, 2.05) is 7.05 Å². The van der Waals surface area contributed by atoms with Crippen LogP contribution in [0.4, 0.5) is 0 Å². The van der Waals surface area contributed by atoms with Crippen molar-refractivity contribution in [2.45, 2.75) is 57.0 Å². The third kappa shape index (κ3) is 5.77. The predicted molar refractivity (Wildman–Crippen MR) is 121 cm³/mol. The summed E-state index contributed by atoms with van der Waals surface area (Å²) in [4.78, 5) is 9.82. The molecule has 28 heavy (non-hydrogen) atoms. The van der Waals surface area contributed by atoms with E-state index in [9.17, 15) is 0 Å². The van der Waals surface area contributed by atoms with E-state index in [0.29, 0.717) is 5.54 Å². The molecule has 0 radical (unpaired) electrons. The van der Waals surface area contributed by atoms with Gasteiger partial charge in [0.15, 0.2) is 5.96 Å². The van der Waals surface area contributed by atoms with E-state index in [0.717, 1.165) is 45.4 Å². The number of hydrogen-bond acceptors (Lipinski definition) is 5. The van der Waals surface area contributed by atoms with Crippen LogP contribution in [-0.2, 0) is 4.74 Å². The molecule has 0 spiro atoms. The van der Waals surface area contributed by atoms with Crippen molar-refractivity contribution < 1.29 is 4.74 Å². The van der Waals surface area contributed by atoms with Crippen LogP contribution < -0.4 is 10.6 Å². The lowest BCUT2D eigenvalue weighted by atomic mass is 9.80. The lowest BCUT2D eigenvalue weighted by molar-refractivity contribution is -0.00837. The molecule has 0 aromatic rings. The van der Waals surface area contributed by atoms with Crippen LogP contribution in [-0.4, -0.2) is 97.9 Å². The van der Waals surface area contributed by atoms with Crippen LogP contribution in [0.3, 0.4) is 0 Å². The second-order valence-electron chi connectivity index (χ2n) is 9.08. The number of nitrogens with zero attached hydrogens (tertiary/aromatic N) is 3. The molecule has 0 amide bonds. The molecule has 7 heteroatoms. The number of ether oxygens (including phenoxy) is 1. The first-order valence-corrected chi connectivity index (χ1v) is 12.3. The molecule has 2 aliphatic heterocycles. The first-order valence-electron chi connectivity index (χ1n) is 11.2. The minimum atomic E-state index is 0.0913. The quantitative estimate of drug-likeness (QED) is 0.515. The van der Waals surface area contributed by atoms with Crippen LogP contribution in [0.2, 0.25) is 0 Å². The molecule has 2 heterocycles. The van der Waals surface area contributed by atoms with Gasteiger partial charge in [0.1, 0.15) is 0 Å². The molecule has 1 saturated carbocycles. The van der Waals surface area contributed by atoms with Crippen molar-refractivity contribution in [3.8, 4) is 0 Å². The van der Waals surface area contributed by atoms with Gasteiger partial charge < -0.3 is 15.4 Å². The molecule has 162 valence electrons. The summed E-state index contributed by atoms with van der Waals surface area (Å²) in [6, 6.07) is 0. The van der Waals surface area contributed by atoms with Crippen molar-refractivity contribution in [1.29, 1.82) is 0 Å². The van der Waals surface area contributed by atoms with Crippen LogP contribution in [0.15, 0.2) is 4.99 Å². The summed E-state index contributed by atoms with van der Waals surface area (Å²) in [7, 11) is 1.89. The van der Waals surface area contributed by atoms with Crippen LogP contribution in [0, 0.1) is 0 Å². The summed E-state index contributed by atoms with van der Waals surface area (Å²) in [5.41, 5.74) is 0.407. The highest BCUT2D eigenvalue weighted by Gasteiger charge is 2.38. The fourth-order valence-electron chi connectivity index (χ4n) is 4.90. The van der Waals surface area contributed by atoms with E-state index in [-0.39, 0.29) is 5.54 Å². The standard InChI is InChI=1S/C21H41N5OS/c1-20(2,25-9-13-27-14-10-25)17-23-19(22-3)24-18-21(7-5-4-6-8-21)26-11-15-28-16-12-26/h4-18H2,1-3H3,(H2,22,23,24). The van der Waals surface area contributed by atoms with Crippen molar-refractivity contribution in [2.24, 2.45) is 4.99 Å². The lowest BCUT2D eigenvalue weighted by Crippen LogP contribution is -2.61. The van der Waals surface area contributed by atoms with Crippen LogP contribution >= 0.6 is 11.8 Å². The molecule has 2 N–H and O–H groups in total. The number of thioether (sulfide) groups is 1. The maximum absolute atomic E-state index is 5.51. The van der Waals surface area contributed by atoms with Crippen LogP contribution in [0.25, 0.3) is 0 Å². The van der Waals surface area contributed by atoms with E-state index >= 15 is 0 Å². The summed E-state index contributed by atoms with van der Waals surface area (Å²) in [5, 5.41) is 7.30. The highest BCUT2D eigenvalue weighted by atomic mass is 32.2. The van der Waals surface area contributed by atoms with Gasteiger partial charge in [0, 0.05) is 68.9 Å². The van der Waals surface area contributed by atoms with Crippen LogP contribution in [0.1, 0.15) is 46.0 Å². The van der Waals surface area contributed by atoms with Gasteiger partial charge in [0.25, 0.3) is 0 Å². The molecular weight excluding hydrogens is 370 g/mol. The number of nitrogens with one attached hydrogen (secondary N) is 2. The van der Waals surface area contributed by atoms with Crippen molar-refractivity contribution in [2.75, 3.05) is 71.0 Å². The van der Waals surface area contributed by atoms with Crippen molar-refractivity contribution >= 4 is 17.7 Å². The van der Waals surface area contributed by atoms with Crippen molar-refractivity contribution in [3.05, 3.63) is 0 Å². The number of guanidine groups is 1. The van der Waals surface area contributed by atoms with E-state index in [1.54, 1.807) is 0 Å². The highest BCUT2D eigenvalue weighted by molar-refractivity contribution is 7.99. The molecule has 2 saturated heterocycles. The van der Waals surface area contributed by atoms with Gasteiger partial charge in [-0.2, -0.15) is 11.8 Å². The Bertz CT molecular complexity index is 495. The molecule has 1 aliphatic carbocycles. The second kappa shape index (κ2) is 10.5. The zero-order valence-corrected chi connectivity index (χ0v) is 19.1. The fraction of sp³-hybridized carbons (Fsp3) is 0.952. The van der Waals surface area contributed by atoms with E-state index in [1.165, 1.54) is 56.7 Å². The Labute approximate surface area is 176 Å². The summed E-state index contributed by atoms with van der Waals surface area (Å²) in [5.74, 6) is 3.50. The van der Waals surface area contributed by atoms with Crippen LogP contribution in [0.5, 0.6) is 0 Å². The van der Waals surface area contributed by atoms with E-state index in [2.05, 4.69) is 51.0 Å². The molecule has 0 atom stereocenters. The van der Waals surface area contributed by atoms with Gasteiger partial charge >= 0.3 is 0 Å². The van der Waals surface area contributed by atoms with Gasteiger partial charge in [-0.15, -0.1) is 0 Å². The van der Waals surface area contributed by atoms with Gasteiger partial charge in [0.05, 0.1) is 13.2 Å². The number of rotatable bonds is 6. The molecule has 0 unspecified atom stereocenters. The Balaban J connectivity index is 1.54. The van der Waals surface area contributed by atoms with E-state index < -0.39 is 0 Å². The molecule has 3 aliphatic rings. The Morgan fingerprint density at radius 3 is 2.36 bits per heavy atom. The third-order valence-corrected chi connectivity index (χ3v) is 7.77. The average molecular weight is 412 g/mol. The van der Waals surface area contributed by atoms with E-state index in [4.69, 9.17) is 4.74 Å². The SMILES string of the molecule is CN=C(NCC(C)(C)N1CCOCC1)NCC1(N2CCSCC2)CCCCC1. The maximum Gasteiger partial charge on any atom is 0.191 e. The number of morpholine rings is 1. The summed E-state index contributed by atoms with van der Waals surface area (Å²) < 4.78 is 5.51. The predicted octanol–water partition coefficient (Wildman–Crippen LogP) is 2.01. The molecule has 0 aromatic carbocycles. The first-order chi connectivity index (χ1) is 13.6. The zero-order chi connectivity index (χ0) is 19.9. The highest BCUT2D eigenvalue weighted by Crippen LogP contribution is 2.34. The monoisotopic (exact) mass is 411 g/mol. The van der Waals surface area contributed by atoms with Gasteiger partial charge in [-0.3, -0.25) is 14.8 Å². The normalized spacial score (nSPS) is 25.5. The van der Waals surface area contributed by atoms with Gasteiger partial charge in [0.2, 0.25) is 0 Å². The minimum absolute atomic E-state index is 0.0913. The molecule has 3 fully saturated rings. The molecule has 0 bridgehead atoms. The topological polar surface area (TPSA) is 52.1 Å². The molecule has 6 nitrogen and oxygen atoms in total. The van der Waals surface area contributed by atoms with Crippen molar-refractivity contribution in [3.63, 3.8) is 0 Å². The molecular formula is C21H41N5OS. The first kappa shape index (κ1) is 22.2. The molecule has 0 aromatic heterocycles. The summed E-state index contributed by atoms with van der Waals surface area (Å²) >= 11 is 2.10. The van der Waals surface area contributed by atoms with Crippen molar-refractivity contribution in [1.82, 2.24) is 20.4 Å². The van der Waals surface area contributed by atoms with Gasteiger partial charge in [-0.1, -0.05) is 19.3 Å². The smallest absolute Gasteiger partial charge is 0.191 e. The minimum Gasteiger partial charge on any atom is -0.379 e. The Morgan fingerprint density at radius 2 is 1.71 bits per heavy atom.